The molecule has 0 fully saturated rings. The Morgan fingerprint density at radius 3 is 2.50 bits per heavy atom. The number of imide groups is 1. The Hall–Kier alpha value is -2.83. The van der Waals surface area contributed by atoms with Gasteiger partial charge in [-0.3, -0.25) is 4.79 Å². The Morgan fingerprint density at radius 2 is 1.82 bits per heavy atom. The van der Waals surface area contributed by atoms with Crippen LogP contribution in [0.15, 0.2) is 30.5 Å². The molecule has 1 aromatic carbocycles. The molecule has 0 N–H and O–H groups in total. The van der Waals surface area contributed by atoms with Gasteiger partial charge in [0.25, 0.3) is 5.91 Å². The first-order valence-corrected chi connectivity index (χ1v) is 6.74. The van der Waals surface area contributed by atoms with Gasteiger partial charge in [-0.15, -0.1) is 0 Å². The van der Waals surface area contributed by atoms with Crippen molar-refractivity contribution in [2.75, 3.05) is 18.1 Å². The molecule has 0 radical (unpaired) electrons. The molecular formula is C15H15NO6. The minimum absolute atomic E-state index is 0.0803. The fourth-order valence-electron chi connectivity index (χ4n) is 1.98. The lowest BCUT2D eigenvalue weighted by Crippen LogP contribution is -2.34. The molecule has 2 rings (SSSR count). The summed E-state index contributed by atoms with van der Waals surface area (Å²) in [6.45, 7) is 3.57. The third-order valence-corrected chi connectivity index (χ3v) is 2.85. The first kappa shape index (κ1) is 15.6. The number of para-hydroxylation sites is 1. The van der Waals surface area contributed by atoms with E-state index in [-0.39, 0.29) is 18.8 Å². The Bertz CT molecular complexity index is 637. The van der Waals surface area contributed by atoms with Gasteiger partial charge in [-0.1, -0.05) is 18.2 Å². The summed E-state index contributed by atoms with van der Waals surface area (Å²) in [6, 6.07) is 6.65. The first-order valence-electron chi connectivity index (χ1n) is 6.74. The van der Waals surface area contributed by atoms with E-state index in [1.165, 1.54) is 0 Å². The van der Waals surface area contributed by atoms with Crippen LogP contribution in [0.4, 0.5) is 15.3 Å². The highest BCUT2D eigenvalue weighted by Gasteiger charge is 2.38. The van der Waals surface area contributed by atoms with Crippen molar-refractivity contribution in [1.82, 2.24) is 0 Å². The number of benzene rings is 1. The normalized spacial score (nSPS) is 14.7. The van der Waals surface area contributed by atoms with Crippen LogP contribution in [0, 0.1) is 0 Å². The zero-order valence-electron chi connectivity index (χ0n) is 12.2. The molecule has 1 aliphatic heterocycles. The van der Waals surface area contributed by atoms with Crippen molar-refractivity contribution < 1.29 is 28.6 Å². The van der Waals surface area contributed by atoms with E-state index in [9.17, 15) is 14.4 Å². The maximum Gasteiger partial charge on any atom is 0.513 e. The number of nitrogens with zero attached hydrogens (tertiary/aromatic N) is 1. The van der Waals surface area contributed by atoms with Crippen molar-refractivity contribution in [2.24, 2.45) is 0 Å². The standard InChI is InChI=1S/C15H15NO6/c1-3-20-14(18)16-12-8-6-5-7-10(12)11(13(16)17)9-22-15(19)21-4-2/h5-9H,3-4H2,1-2H3. The second kappa shape index (κ2) is 6.75. The quantitative estimate of drug-likeness (QED) is 0.485. The second-order valence-electron chi connectivity index (χ2n) is 4.19. The molecule has 0 unspecified atom stereocenters. The fourth-order valence-corrected chi connectivity index (χ4v) is 1.98. The topological polar surface area (TPSA) is 82.1 Å². The average Bonchev–Trinajstić information content (AvgIpc) is 2.77. The zero-order valence-corrected chi connectivity index (χ0v) is 12.2. The lowest BCUT2D eigenvalue weighted by molar-refractivity contribution is -0.112. The SMILES string of the molecule is CCOC(=O)OC=C1C(=O)N(C(=O)OCC)c2ccccc21. The summed E-state index contributed by atoms with van der Waals surface area (Å²) in [6.07, 6.45) is -0.715. The van der Waals surface area contributed by atoms with Gasteiger partial charge in [0, 0.05) is 5.56 Å². The number of rotatable bonds is 3. The van der Waals surface area contributed by atoms with Gasteiger partial charge in [-0.25, -0.2) is 14.5 Å². The van der Waals surface area contributed by atoms with E-state index in [0.29, 0.717) is 11.3 Å². The molecule has 1 aromatic rings. The molecule has 7 heteroatoms. The molecule has 0 aliphatic carbocycles. The molecule has 116 valence electrons. The van der Waals surface area contributed by atoms with E-state index in [2.05, 4.69) is 4.74 Å². The monoisotopic (exact) mass is 305 g/mol. The van der Waals surface area contributed by atoms with Gasteiger partial charge in [0.15, 0.2) is 0 Å². The minimum Gasteiger partial charge on any atom is -0.449 e. The van der Waals surface area contributed by atoms with Gasteiger partial charge in [-0.05, 0) is 19.9 Å². The lowest BCUT2D eigenvalue weighted by Gasteiger charge is -2.13. The number of hydrogen-bond acceptors (Lipinski definition) is 6. The molecule has 1 aliphatic rings. The van der Waals surface area contributed by atoms with E-state index in [0.717, 1.165) is 11.2 Å². The van der Waals surface area contributed by atoms with Gasteiger partial charge in [-0.2, -0.15) is 0 Å². The van der Waals surface area contributed by atoms with Crippen LogP contribution in [0.25, 0.3) is 5.57 Å². The molecule has 1 heterocycles. The molecule has 0 saturated carbocycles. The molecule has 0 saturated heterocycles. The number of carbonyl (C=O) groups is 3. The second-order valence-corrected chi connectivity index (χ2v) is 4.19. The smallest absolute Gasteiger partial charge is 0.449 e. The molecular weight excluding hydrogens is 290 g/mol. The van der Waals surface area contributed by atoms with Crippen LogP contribution in [0.5, 0.6) is 0 Å². The Balaban J connectivity index is 2.33. The maximum absolute atomic E-state index is 12.4. The summed E-state index contributed by atoms with van der Waals surface area (Å²) in [5.74, 6) is -0.621. The summed E-state index contributed by atoms with van der Waals surface area (Å²) in [5, 5.41) is 0. The fraction of sp³-hybridized carbons (Fsp3) is 0.267. The third kappa shape index (κ3) is 2.93. The largest absolute Gasteiger partial charge is 0.513 e. The predicted molar refractivity (Wildman–Crippen MR) is 77.0 cm³/mol. The van der Waals surface area contributed by atoms with Gasteiger partial charge in [0.1, 0.15) is 6.26 Å². The van der Waals surface area contributed by atoms with Crippen molar-refractivity contribution >= 4 is 29.4 Å². The summed E-state index contributed by atoms with van der Waals surface area (Å²) >= 11 is 0. The molecule has 0 aromatic heterocycles. The number of fused-ring (bicyclic) bond motifs is 1. The summed E-state index contributed by atoms with van der Waals surface area (Å²) in [7, 11) is 0. The van der Waals surface area contributed by atoms with E-state index in [1.807, 2.05) is 0 Å². The molecule has 0 spiro atoms. The van der Waals surface area contributed by atoms with Crippen molar-refractivity contribution in [3.8, 4) is 0 Å². The van der Waals surface area contributed by atoms with Gasteiger partial charge in [0.2, 0.25) is 0 Å². The number of anilines is 1. The molecule has 7 nitrogen and oxygen atoms in total. The zero-order chi connectivity index (χ0) is 16.1. The Kier molecular flexibility index (Phi) is 4.77. The van der Waals surface area contributed by atoms with Gasteiger partial charge >= 0.3 is 12.2 Å². The maximum atomic E-state index is 12.4. The van der Waals surface area contributed by atoms with Crippen LogP contribution in [0.1, 0.15) is 19.4 Å². The van der Waals surface area contributed by atoms with Gasteiger partial charge < -0.3 is 14.2 Å². The summed E-state index contributed by atoms with van der Waals surface area (Å²) < 4.78 is 14.2. The van der Waals surface area contributed by atoms with Crippen molar-refractivity contribution in [1.29, 1.82) is 0 Å². The minimum atomic E-state index is -0.921. The van der Waals surface area contributed by atoms with Crippen molar-refractivity contribution in [2.45, 2.75) is 13.8 Å². The van der Waals surface area contributed by atoms with Gasteiger partial charge in [0.05, 0.1) is 24.5 Å². The van der Waals surface area contributed by atoms with Crippen LogP contribution < -0.4 is 4.90 Å². The molecule has 22 heavy (non-hydrogen) atoms. The Morgan fingerprint density at radius 1 is 1.14 bits per heavy atom. The van der Waals surface area contributed by atoms with E-state index in [1.54, 1.807) is 38.1 Å². The number of ether oxygens (including phenoxy) is 3. The van der Waals surface area contributed by atoms with E-state index in [4.69, 9.17) is 9.47 Å². The summed E-state index contributed by atoms with van der Waals surface area (Å²) in [5.41, 5.74) is 0.936. The van der Waals surface area contributed by atoms with E-state index >= 15 is 0 Å². The highest BCUT2D eigenvalue weighted by Crippen LogP contribution is 2.36. The number of carbonyl (C=O) groups excluding carboxylic acids is 3. The summed E-state index contributed by atoms with van der Waals surface area (Å²) in [4.78, 5) is 36.4. The molecule has 0 atom stereocenters. The number of hydrogen-bond donors (Lipinski definition) is 0. The van der Waals surface area contributed by atoms with Crippen LogP contribution in [-0.4, -0.2) is 31.4 Å². The van der Waals surface area contributed by atoms with Crippen molar-refractivity contribution in [3.05, 3.63) is 36.1 Å². The molecule has 2 amide bonds. The van der Waals surface area contributed by atoms with Crippen LogP contribution >= 0.6 is 0 Å². The average molecular weight is 305 g/mol. The highest BCUT2D eigenvalue weighted by molar-refractivity contribution is 6.38. The Labute approximate surface area is 127 Å². The van der Waals surface area contributed by atoms with Crippen molar-refractivity contribution in [3.63, 3.8) is 0 Å². The lowest BCUT2D eigenvalue weighted by atomic mass is 10.1. The first-order chi connectivity index (χ1) is 10.6. The highest BCUT2D eigenvalue weighted by atomic mass is 16.7. The van der Waals surface area contributed by atoms with Crippen LogP contribution in [-0.2, 0) is 19.0 Å². The predicted octanol–water partition coefficient (Wildman–Crippen LogP) is 2.70. The third-order valence-electron chi connectivity index (χ3n) is 2.85. The van der Waals surface area contributed by atoms with Crippen LogP contribution in [0.3, 0.4) is 0 Å². The van der Waals surface area contributed by atoms with E-state index < -0.39 is 18.2 Å². The number of amides is 2. The van der Waals surface area contributed by atoms with Crippen LogP contribution in [0.2, 0.25) is 0 Å². The molecule has 0 bridgehead atoms.